The maximum Gasteiger partial charge on any atom is 0.226 e. The van der Waals surface area contributed by atoms with Gasteiger partial charge >= 0.3 is 0 Å². The summed E-state index contributed by atoms with van der Waals surface area (Å²) in [5, 5.41) is 4.36. The first-order valence-electron chi connectivity index (χ1n) is 10.8. The first-order valence-corrected chi connectivity index (χ1v) is 11.1. The molecule has 2 aromatic rings. The lowest BCUT2D eigenvalue weighted by atomic mass is 10.0. The Labute approximate surface area is 188 Å². The lowest BCUT2D eigenvalue weighted by Gasteiger charge is -2.33. The zero-order chi connectivity index (χ0) is 21.5. The summed E-state index contributed by atoms with van der Waals surface area (Å²) in [7, 11) is 0. The van der Waals surface area contributed by atoms with Gasteiger partial charge in [0.2, 0.25) is 5.91 Å². The van der Waals surface area contributed by atoms with Crippen LogP contribution in [0.1, 0.15) is 24.8 Å². The number of allylic oxidation sites excluding steroid dienone is 4. The maximum atomic E-state index is 12.6. The summed E-state index contributed by atoms with van der Waals surface area (Å²) in [5.74, 6) is 1.78. The van der Waals surface area contributed by atoms with E-state index < -0.39 is 0 Å². The molecule has 0 unspecified atom stereocenters. The van der Waals surface area contributed by atoms with E-state index in [4.69, 9.17) is 16.3 Å². The van der Waals surface area contributed by atoms with Crippen LogP contribution in [0.2, 0.25) is 5.02 Å². The van der Waals surface area contributed by atoms with Gasteiger partial charge in [-0.2, -0.15) is 0 Å². The number of rotatable bonds is 6. The van der Waals surface area contributed by atoms with Crippen molar-refractivity contribution in [3.63, 3.8) is 0 Å². The first kappa shape index (κ1) is 21.3. The number of carbonyl (C=O) groups excluding carboxylic acids is 1. The van der Waals surface area contributed by atoms with Crippen molar-refractivity contribution in [2.24, 2.45) is 0 Å². The van der Waals surface area contributed by atoms with E-state index in [0.29, 0.717) is 17.5 Å². The Hall–Kier alpha value is -2.98. The lowest BCUT2D eigenvalue weighted by molar-refractivity contribution is -0.131. The Morgan fingerprint density at radius 1 is 1.03 bits per heavy atom. The first-order chi connectivity index (χ1) is 15.2. The maximum absolute atomic E-state index is 12.6. The minimum Gasteiger partial charge on any atom is -0.456 e. The van der Waals surface area contributed by atoms with Gasteiger partial charge in [0.05, 0.1) is 12.1 Å². The fourth-order valence-electron chi connectivity index (χ4n) is 3.87. The fraction of sp³-hybridized carbons (Fsp3) is 0.269. The highest BCUT2D eigenvalue weighted by Crippen LogP contribution is 2.23. The van der Waals surface area contributed by atoms with Crippen LogP contribution in [0.4, 0.5) is 0 Å². The van der Waals surface area contributed by atoms with Crippen LogP contribution < -0.4 is 10.1 Å². The number of ether oxygens (including phenoxy) is 1. The van der Waals surface area contributed by atoms with Crippen molar-refractivity contribution in [3.05, 3.63) is 101 Å². The highest BCUT2D eigenvalue weighted by atomic mass is 35.5. The Morgan fingerprint density at radius 3 is 2.52 bits per heavy atom. The number of halogens is 1. The van der Waals surface area contributed by atoms with Gasteiger partial charge in [0.1, 0.15) is 11.5 Å². The van der Waals surface area contributed by atoms with Gasteiger partial charge in [-0.05, 0) is 48.7 Å². The number of nitrogens with one attached hydrogen (secondary N) is 1. The van der Waals surface area contributed by atoms with Crippen LogP contribution in [-0.2, 0) is 11.2 Å². The van der Waals surface area contributed by atoms with Crippen molar-refractivity contribution < 1.29 is 9.53 Å². The normalized spacial score (nSPS) is 16.9. The summed E-state index contributed by atoms with van der Waals surface area (Å²) in [5.41, 5.74) is 2.13. The van der Waals surface area contributed by atoms with Gasteiger partial charge in [0, 0.05) is 30.6 Å². The largest absolute Gasteiger partial charge is 0.456 e. The average Bonchev–Trinajstić information content (AvgIpc) is 3.01. The molecule has 1 N–H and O–H groups in total. The summed E-state index contributed by atoms with van der Waals surface area (Å²) < 4.78 is 6.14. The number of hydrogen-bond donors (Lipinski definition) is 1. The zero-order valence-electron chi connectivity index (χ0n) is 17.5. The van der Waals surface area contributed by atoms with E-state index in [1.165, 1.54) is 0 Å². The number of benzene rings is 2. The number of likely N-dealkylation sites (tertiary alicyclic amines) is 1. The smallest absolute Gasteiger partial charge is 0.226 e. The zero-order valence-corrected chi connectivity index (χ0v) is 18.2. The fourth-order valence-corrected chi connectivity index (χ4v) is 3.99. The minimum atomic E-state index is 0.205. The molecule has 1 saturated heterocycles. The highest BCUT2D eigenvalue weighted by Gasteiger charge is 2.24. The van der Waals surface area contributed by atoms with Crippen LogP contribution in [-0.4, -0.2) is 29.9 Å². The van der Waals surface area contributed by atoms with Crippen molar-refractivity contribution in [3.8, 4) is 5.75 Å². The average molecular weight is 435 g/mol. The molecule has 1 aliphatic heterocycles. The second-order valence-corrected chi connectivity index (χ2v) is 8.29. The molecule has 1 amide bonds. The Bertz CT molecular complexity index is 972. The molecule has 0 aromatic heterocycles. The minimum absolute atomic E-state index is 0.205. The molecular weight excluding hydrogens is 408 g/mol. The SMILES string of the molecule is O=C(Cc1ccccc1)N1CCC(NC2=C(Oc3ccc(Cl)cc3)C=CC=CC2)CC1. The molecule has 4 rings (SSSR count). The highest BCUT2D eigenvalue weighted by molar-refractivity contribution is 6.30. The van der Waals surface area contributed by atoms with Gasteiger partial charge in [-0.3, -0.25) is 4.79 Å². The molecule has 5 heteroatoms. The van der Waals surface area contributed by atoms with Crippen molar-refractivity contribution in [1.29, 1.82) is 0 Å². The summed E-state index contributed by atoms with van der Waals surface area (Å²) in [6.07, 6.45) is 11.2. The molecule has 0 saturated carbocycles. The van der Waals surface area contributed by atoms with Gasteiger partial charge < -0.3 is 15.0 Å². The van der Waals surface area contributed by atoms with Crippen LogP contribution >= 0.6 is 11.6 Å². The van der Waals surface area contributed by atoms with Crippen LogP contribution in [0.5, 0.6) is 5.75 Å². The van der Waals surface area contributed by atoms with Crippen LogP contribution in [0, 0.1) is 0 Å². The summed E-state index contributed by atoms with van der Waals surface area (Å²) in [6, 6.07) is 17.7. The molecule has 0 atom stereocenters. The van der Waals surface area contributed by atoms with E-state index in [2.05, 4.69) is 11.4 Å². The quantitative estimate of drug-likeness (QED) is 0.673. The molecule has 4 nitrogen and oxygen atoms in total. The molecule has 1 heterocycles. The molecule has 0 radical (unpaired) electrons. The third-order valence-electron chi connectivity index (χ3n) is 5.58. The Morgan fingerprint density at radius 2 is 1.77 bits per heavy atom. The third-order valence-corrected chi connectivity index (χ3v) is 5.83. The second-order valence-electron chi connectivity index (χ2n) is 7.85. The predicted octanol–water partition coefficient (Wildman–Crippen LogP) is 5.27. The third kappa shape index (κ3) is 6.02. The number of amides is 1. The molecule has 0 bridgehead atoms. The molecule has 1 fully saturated rings. The van der Waals surface area contributed by atoms with Crippen molar-refractivity contribution >= 4 is 17.5 Å². The van der Waals surface area contributed by atoms with Crippen LogP contribution in [0.3, 0.4) is 0 Å². The topological polar surface area (TPSA) is 41.6 Å². The van der Waals surface area contributed by atoms with E-state index in [1.807, 2.05) is 77.7 Å². The molecule has 160 valence electrons. The van der Waals surface area contributed by atoms with Crippen molar-refractivity contribution in [2.75, 3.05) is 13.1 Å². The van der Waals surface area contributed by atoms with E-state index >= 15 is 0 Å². The van der Waals surface area contributed by atoms with Gasteiger partial charge in [0.25, 0.3) is 0 Å². The van der Waals surface area contributed by atoms with Crippen LogP contribution in [0.25, 0.3) is 0 Å². The van der Waals surface area contributed by atoms with Crippen LogP contribution in [0.15, 0.2) is 90.4 Å². The van der Waals surface area contributed by atoms with E-state index in [1.54, 1.807) is 0 Å². The number of nitrogens with zero attached hydrogens (tertiary/aromatic N) is 1. The number of piperidine rings is 1. The van der Waals surface area contributed by atoms with Gasteiger partial charge in [-0.15, -0.1) is 0 Å². The van der Waals surface area contributed by atoms with Gasteiger partial charge in [-0.25, -0.2) is 0 Å². The van der Waals surface area contributed by atoms with E-state index in [9.17, 15) is 4.79 Å². The second kappa shape index (κ2) is 10.4. The predicted molar refractivity (Wildman–Crippen MR) is 125 cm³/mol. The van der Waals surface area contributed by atoms with Crippen molar-refractivity contribution in [2.45, 2.75) is 31.7 Å². The Balaban J connectivity index is 1.35. The molecule has 31 heavy (non-hydrogen) atoms. The van der Waals surface area contributed by atoms with Gasteiger partial charge in [-0.1, -0.05) is 60.2 Å². The van der Waals surface area contributed by atoms with E-state index in [-0.39, 0.29) is 5.91 Å². The molecule has 2 aromatic carbocycles. The summed E-state index contributed by atoms with van der Waals surface area (Å²) in [4.78, 5) is 14.6. The Kier molecular flexibility index (Phi) is 7.11. The lowest BCUT2D eigenvalue weighted by Crippen LogP contribution is -2.45. The van der Waals surface area contributed by atoms with Gasteiger partial charge in [0.15, 0.2) is 0 Å². The summed E-state index contributed by atoms with van der Waals surface area (Å²) >= 11 is 5.99. The van der Waals surface area contributed by atoms with E-state index in [0.717, 1.165) is 55.1 Å². The standard InChI is InChI=1S/C26H27ClN2O2/c27-21-11-13-23(14-12-21)31-25-10-6-2-5-9-24(25)28-22-15-17-29(18-16-22)26(30)19-20-7-3-1-4-8-20/h1-8,10-14,22,28H,9,15-19H2. The number of hydrogen-bond acceptors (Lipinski definition) is 3. The molecule has 0 spiro atoms. The molecule has 1 aliphatic carbocycles. The summed E-state index contributed by atoms with van der Waals surface area (Å²) in [6.45, 7) is 1.55. The molecular formula is C26H27ClN2O2. The molecule has 2 aliphatic rings. The van der Waals surface area contributed by atoms with Crippen molar-refractivity contribution in [1.82, 2.24) is 10.2 Å². The number of carbonyl (C=O) groups is 1. The monoisotopic (exact) mass is 434 g/mol.